The Morgan fingerprint density at radius 2 is 1.78 bits per heavy atom. The molecule has 0 bridgehead atoms. The van der Waals surface area contributed by atoms with Crippen molar-refractivity contribution in [1.82, 2.24) is 14.6 Å². The largest absolute Gasteiger partial charge is 0.406 e. The summed E-state index contributed by atoms with van der Waals surface area (Å²) in [5.74, 6) is -0.634. The second-order valence-electron chi connectivity index (χ2n) is 6.78. The van der Waals surface area contributed by atoms with Gasteiger partial charge in [0.2, 0.25) is 5.95 Å². The molecule has 4 aromatic rings. The van der Waals surface area contributed by atoms with E-state index in [0.717, 1.165) is 0 Å². The Morgan fingerprint density at radius 1 is 1.06 bits per heavy atom. The molecule has 0 aliphatic carbocycles. The van der Waals surface area contributed by atoms with Crippen molar-refractivity contribution in [2.75, 3.05) is 16.8 Å². The average Bonchev–Trinajstić information content (AvgIpc) is 3.19. The molecule has 2 aromatic carbocycles. The molecule has 0 unspecified atom stereocenters. The fraction of sp³-hybridized carbons (Fsp3) is 0.0909. The normalized spacial score (nSPS) is 11.2. The lowest BCUT2D eigenvalue weighted by atomic mass is 10.2. The monoisotopic (exact) mass is 436 g/mol. The zero-order valence-electron chi connectivity index (χ0n) is 16.4. The first-order chi connectivity index (χ1) is 15.3. The molecule has 0 atom stereocenters. The molecule has 0 saturated carbocycles. The highest BCUT2D eigenvalue weighted by Gasteiger charge is 2.34. The third-order valence-electron chi connectivity index (χ3n) is 4.52. The van der Waals surface area contributed by atoms with E-state index in [-0.39, 0.29) is 17.2 Å². The van der Waals surface area contributed by atoms with Crippen LogP contribution in [0.1, 0.15) is 15.9 Å². The molecule has 2 aromatic heterocycles. The quantitative estimate of drug-likeness (QED) is 0.496. The summed E-state index contributed by atoms with van der Waals surface area (Å²) in [6, 6.07) is 19.4. The molecule has 160 valence electrons. The molecular formula is C22H15F3N6O. The first-order valence-electron chi connectivity index (χ1n) is 9.40. The summed E-state index contributed by atoms with van der Waals surface area (Å²) in [5.41, 5.74) is 1.37. The second-order valence-corrected chi connectivity index (χ2v) is 6.78. The number of hydrogen-bond acceptors (Lipinski definition) is 5. The minimum absolute atomic E-state index is 0.0116. The molecule has 7 nitrogen and oxygen atoms in total. The van der Waals surface area contributed by atoms with Crippen molar-refractivity contribution in [2.24, 2.45) is 0 Å². The van der Waals surface area contributed by atoms with Gasteiger partial charge in [-0.3, -0.25) is 9.69 Å². The van der Waals surface area contributed by atoms with Crippen LogP contribution in [-0.4, -0.2) is 33.2 Å². The van der Waals surface area contributed by atoms with E-state index in [1.165, 1.54) is 35.0 Å². The van der Waals surface area contributed by atoms with Crippen molar-refractivity contribution in [3.63, 3.8) is 0 Å². The third-order valence-corrected chi connectivity index (χ3v) is 4.52. The van der Waals surface area contributed by atoms with Crippen LogP contribution in [0.5, 0.6) is 0 Å². The number of amides is 1. The molecule has 2 heterocycles. The number of nitrogens with one attached hydrogen (secondary N) is 1. The molecule has 0 radical (unpaired) electrons. The van der Waals surface area contributed by atoms with Crippen LogP contribution in [0.15, 0.2) is 72.9 Å². The summed E-state index contributed by atoms with van der Waals surface area (Å²) in [4.78, 5) is 17.7. The van der Waals surface area contributed by atoms with Crippen LogP contribution in [0.4, 0.5) is 30.5 Å². The van der Waals surface area contributed by atoms with Gasteiger partial charge >= 0.3 is 6.18 Å². The number of aromatic nitrogens is 3. The van der Waals surface area contributed by atoms with E-state index < -0.39 is 18.6 Å². The van der Waals surface area contributed by atoms with Gasteiger partial charge < -0.3 is 5.32 Å². The van der Waals surface area contributed by atoms with Crippen LogP contribution >= 0.6 is 0 Å². The predicted molar refractivity (Wildman–Crippen MR) is 112 cm³/mol. The lowest BCUT2D eigenvalue weighted by Gasteiger charge is -2.24. The number of pyridine rings is 1. The number of nitrogens with zero attached hydrogens (tertiary/aromatic N) is 5. The Balaban J connectivity index is 1.69. The second kappa shape index (κ2) is 8.39. The summed E-state index contributed by atoms with van der Waals surface area (Å²) < 4.78 is 41.0. The van der Waals surface area contributed by atoms with Gasteiger partial charge in [0.05, 0.1) is 23.1 Å². The number of halogens is 3. The standard InChI is InChI=1S/C22H15F3N6O/c23-22(24,25)14-30(20(32)15-6-2-1-3-7-15)17-10-11-19-28-21(29-31(19)13-17)27-18-9-5-4-8-16(18)12-26/h1-11,13H,14H2,(H,27,29). The van der Waals surface area contributed by atoms with E-state index in [0.29, 0.717) is 21.8 Å². The molecule has 32 heavy (non-hydrogen) atoms. The number of para-hydroxylation sites is 1. The summed E-state index contributed by atoms with van der Waals surface area (Å²) in [6.45, 7) is -1.46. The van der Waals surface area contributed by atoms with Crippen molar-refractivity contribution in [1.29, 1.82) is 5.26 Å². The van der Waals surface area contributed by atoms with Gasteiger partial charge in [0, 0.05) is 5.56 Å². The van der Waals surface area contributed by atoms with Gasteiger partial charge in [-0.05, 0) is 36.4 Å². The van der Waals surface area contributed by atoms with Crippen LogP contribution in [0.3, 0.4) is 0 Å². The predicted octanol–water partition coefficient (Wildman–Crippen LogP) is 4.55. The first kappa shape index (κ1) is 20.9. The number of carbonyl (C=O) groups excluding carboxylic acids is 1. The zero-order chi connectivity index (χ0) is 22.7. The first-order valence-corrected chi connectivity index (χ1v) is 9.40. The minimum atomic E-state index is -4.60. The lowest BCUT2D eigenvalue weighted by Crippen LogP contribution is -2.39. The van der Waals surface area contributed by atoms with Crippen molar-refractivity contribution in [2.45, 2.75) is 6.18 Å². The van der Waals surface area contributed by atoms with Gasteiger partial charge in [0.25, 0.3) is 5.91 Å². The Kier molecular flexibility index (Phi) is 5.47. The van der Waals surface area contributed by atoms with Crippen molar-refractivity contribution >= 4 is 28.9 Å². The summed E-state index contributed by atoms with van der Waals surface area (Å²) >= 11 is 0. The maximum Gasteiger partial charge on any atom is 0.406 e. The van der Waals surface area contributed by atoms with Crippen molar-refractivity contribution in [3.8, 4) is 6.07 Å². The number of benzene rings is 2. The highest BCUT2D eigenvalue weighted by atomic mass is 19.4. The van der Waals surface area contributed by atoms with E-state index >= 15 is 0 Å². The number of carbonyl (C=O) groups is 1. The third kappa shape index (κ3) is 4.52. The number of hydrogen-bond donors (Lipinski definition) is 1. The number of fused-ring (bicyclic) bond motifs is 1. The van der Waals surface area contributed by atoms with Gasteiger partial charge in [0.15, 0.2) is 5.65 Å². The van der Waals surface area contributed by atoms with E-state index in [2.05, 4.69) is 15.4 Å². The molecule has 1 N–H and O–H groups in total. The molecule has 0 aliphatic heterocycles. The zero-order valence-corrected chi connectivity index (χ0v) is 16.4. The van der Waals surface area contributed by atoms with E-state index in [1.54, 1.807) is 42.5 Å². The highest BCUT2D eigenvalue weighted by Crippen LogP contribution is 2.25. The Morgan fingerprint density at radius 3 is 2.50 bits per heavy atom. The number of anilines is 3. The summed E-state index contributed by atoms with van der Waals surface area (Å²) in [5, 5.41) is 16.4. The van der Waals surface area contributed by atoms with Gasteiger partial charge in [0.1, 0.15) is 12.6 Å². The topological polar surface area (TPSA) is 86.3 Å². The van der Waals surface area contributed by atoms with E-state index in [1.807, 2.05) is 6.07 Å². The Hall–Kier alpha value is -4.39. The molecule has 4 rings (SSSR count). The van der Waals surface area contributed by atoms with Gasteiger partial charge in [-0.15, -0.1) is 5.10 Å². The smallest absolute Gasteiger partial charge is 0.322 e. The highest BCUT2D eigenvalue weighted by molar-refractivity contribution is 6.06. The van der Waals surface area contributed by atoms with Crippen LogP contribution in [-0.2, 0) is 0 Å². The van der Waals surface area contributed by atoms with Crippen LogP contribution < -0.4 is 10.2 Å². The molecule has 0 aliphatic rings. The molecule has 0 saturated heterocycles. The van der Waals surface area contributed by atoms with Crippen molar-refractivity contribution < 1.29 is 18.0 Å². The fourth-order valence-electron chi connectivity index (χ4n) is 3.09. The van der Waals surface area contributed by atoms with Gasteiger partial charge in [-0.1, -0.05) is 30.3 Å². The summed E-state index contributed by atoms with van der Waals surface area (Å²) in [6.07, 6.45) is -3.30. The Labute approximate surface area is 180 Å². The molecule has 0 fully saturated rings. The van der Waals surface area contributed by atoms with Crippen LogP contribution in [0.2, 0.25) is 0 Å². The SMILES string of the molecule is N#Cc1ccccc1Nc1nc2ccc(N(CC(F)(F)F)C(=O)c3ccccc3)cn2n1. The molecule has 10 heteroatoms. The summed E-state index contributed by atoms with van der Waals surface area (Å²) in [7, 11) is 0. The van der Waals surface area contributed by atoms with Crippen LogP contribution in [0, 0.1) is 11.3 Å². The fourth-order valence-corrected chi connectivity index (χ4v) is 3.09. The number of rotatable bonds is 5. The Bertz CT molecular complexity index is 1310. The van der Waals surface area contributed by atoms with E-state index in [4.69, 9.17) is 0 Å². The number of nitriles is 1. The maximum absolute atomic E-state index is 13.2. The number of alkyl halides is 3. The molecule has 0 spiro atoms. The van der Waals surface area contributed by atoms with Gasteiger partial charge in [-0.2, -0.15) is 23.4 Å². The average molecular weight is 436 g/mol. The minimum Gasteiger partial charge on any atom is -0.322 e. The maximum atomic E-state index is 13.2. The van der Waals surface area contributed by atoms with Crippen LogP contribution in [0.25, 0.3) is 5.65 Å². The van der Waals surface area contributed by atoms with Gasteiger partial charge in [-0.25, -0.2) is 4.52 Å². The lowest BCUT2D eigenvalue weighted by molar-refractivity contribution is -0.118. The van der Waals surface area contributed by atoms with Crippen molar-refractivity contribution in [3.05, 3.63) is 84.1 Å². The molecular weight excluding hydrogens is 421 g/mol. The molecule has 1 amide bonds. The van der Waals surface area contributed by atoms with E-state index in [9.17, 15) is 23.2 Å².